The summed E-state index contributed by atoms with van der Waals surface area (Å²) in [5, 5.41) is 0. The Morgan fingerprint density at radius 2 is 2.13 bits per heavy atom. The van der Waals surface area contributed by atoms with E-state index in [4.69, 9.17) is 0 Å². The lowest BCUT2D eigenvalue weighted by Crippen LogP contribution is -2.11. The Kier molecular flexibility index (Phi) is 3.20. The van der Waals surface area contributed by atoms with Crippen molar-refractivity contribution in [3.63, 3.8) is 0 Å². The van der Waals surface area contributed by atoms with Crippen LogP contribution in [0.4, 0.5) is 0 Å². The molecular formula is C14H18O. The minimum Gasteiger partial charge on any atom is -0.299 e. The van der Waals surface area contributed by atoms with Crippen LogP contribution in [0.25, 0.3) is 0 Å². The SMILES string of the molecule is CCC(=O)C1CCCCc2ccccc21. The monoisotopic (exact) mass is 202 g/mol. The quantitative estimate of drug-likeness (QED) is 0.671. The van der Waals surface area contributed by atoms with Gasteiger partial charge in [-0.3, -0.25) is 4.79 Å². The molecule has 80 valence electrons. The van der Waals surface area contributed by atoms with Gasteiger partial charge in [0.2, 0.25) is 0 Å². The largest absolute Gasteiger partial charge is 0.299 e. The average molecular weight is 202 g/mol. The minimum atomic E-state index is 0.175. The highest BCUT2D eigenvalue weighted by atomic mass is 16.1. The zero-order valence-electron chi connectivity index (χ0n) is 9.33. The number of ketones is 1. The van der Waals surface area contributed by atoms with E-state index in [1.165, 1.54) is 24.0 Å². The van der Waals surface area contributed by atoms with Gasteiger partial charge in [-0.25, -0.2) is 0 Å². The summed E-state index contributed by atoms with van der Waals surface area (Å²) in [6.45, 7) is 1.97. The standard InChI is InChI=1S/C14H18O/c1-2-14(15)13-10-6-4-8-11-7-3-5-9-12(11)13/h3,5,7,9,13H,2,4,6,8,10H2,1H3. The van der Waals surface area contributed by atoms with Gasteiger partial charge in [0.25, 0.3) is 0 Å². The Morgan fingerprint density at radius 1 is 1.33 bits per heavy atom. The van der Waals surface area contributed by atoms with Crippen LogP contribution in [-0.4, -0.2) is 5.78 Å². The molecule has 0 saturated heterocycles. The van der Waals surface area contributed by atoms with E-state index in [0.717, 1.165) is 12.8 Å². The molecular weight excluding hydrogens is 184 g/mol. The fourth-order valence-corrected chi connectivity index (χ4v) is 2.50. The molecule has 2 rings (SSSR count). The first-order valence-electron chi connectivity index (χ1n) is 5.93. The predicted molar refractivity (Wildman–Crippen MR) is 62.0 cm³/mol. The molecule has 0 heterocycles. The van der Waals surface area contributed by atoms with Gasteiger partial charge in [-0.15, -0.1) is 0 Å². The molecule has 0 radical (unpaired) electrons. The van der Waals surface area contributed by atoms with Crippen molar-refractivity contribution in [3.05, 3.63) is 35.4 Å². The molecule has 1 aliphatic carbocycles. The highest BCUT2D eigenvalue weighted by molar-refractivity contribution is 5.85. The van der Waals surface area contributed by atoms with E-state index in [0.29, 0.717) is 12.2 Å². The highest BCUT2D eigenvalue weighted by Gasteiger charge is 2.22. The smallest absolute Gasteiger partial charge is 0.140 e. The summed E-state index contributed by atoms with van der Waals surface area (Å²) in [7, 11) is 0. The van der Waals surface area contributed by atoms with Crippen LogP contribution in [0.5, 0.6) is 0 Å². The van der Waals surface area contributed by atoms with Gasteiger partial charge in [0.1, 0.15) is 5.78 Å². The lowest BCUT2D eigenvalue weighted by Gasteiger charge is -2.15. The molecule has 1 aromatic rings. The zero-order valence-corrected chi connectivity index (χ0v) is 9.33. The molecule has 0 aromatic heterocycles. The van der Waals surface area contributed by atoms with Gasteiger partial charge < -0.3 is 0 Å². The van der Waals surface area contributed by atoms with Crippen LogP contribution >= 0.6 is 0 Å². The van der Waals surface area contributed by atoms with Crippen molar-refractivity contribution in [2.45, 2.75) is 44.9 Å². The second-order valence-electron chi connectivity index (χ2n) is 4.32. The average Bonchev–Trinajstić information content (AvgIpc) is 2.50. The molecule has 0 spiro atoms. The topological polar surface area (TPSA) is 17.1 Å². The molecule has 1 aliphatic rings. The number of Topliss-reactive ketones (excluding diaryl/α,β-unsaturated/α-hetero) is 1. The maximum Gasteiger partial charge on any atom is 0.140 e. The molecule has 1 nitrogen and oxygen atoms in total. The van der Waals surface area contributed by atoms with Crippen LogP contribution in [0.2, 0.25) is 0 Å². The number of carbonyl (C=O) groups is 1. The van der Waals surface area contributed by atoms with Crippen LogP contribution in [0.15, 0.2) is 24.3 Å². The third-order valence-corrected chi connectivity index (χ3v) is 3.36. The Balaban J connectivity index is 2.37. The summed E-state index contributed by atoms with van der Waals surface area (Å²) in [6.07, 6.45) is 5.27. The summed E-state index contributed by atoms with van der Waals surface area (Å²) < 4.78 is 0. The first-order valence-corrected chi connectivity index (χ1v) is 5.93. The zero-order chi connectivity index (χ0) is 10.7. The summed E-state index contributed by atoms with van der Waals surface area (Å²) in [4.78, 5) is 11.9. The van der Waals surface area contributed by atoms with Gasteiger partial charge in [0.15, 0.2) is 0 Å². The molecule has 1 unspecified atom stereocenters. The van der Waals surface area contributed by atoms with Crippen molar-refractivity contribution in [2.24, 2.45) is 0 Å². The lowest BCUT2D eigenvalue weighted by atomic mass is 9.88. The fourth-order valence-electron chi connectivity index (χ4n) is 2.50. The molecule has 15 heavy (non-hydrogen) atoms. The molecule has 0 aliphatic heterocycles. The summed E-state index contributed by atoms with van der Waals surface area (Å²) in [6, 6.07) is 8.45. The number of carbonyl (C=O) groups excluding carboxylic acids is 1. The molecule has 0 amide bonds. The number of aryl methyl sites for hydroxylation is 1. The molecule has 0 bridgehead atoms. The molecule has 0 N–H and O–H groups in total. The predicted octanol–water partition coefficient (Wildman–Crippen LogP) is 3.48. The van der Waals surface area contributed by atoms with Crippen molar-refractivity contribution in [2.75, 3.05) is 0 Å². The van der Waals surface area contributed by atoms with Crippen LogP contribution in [-0.2, 0) is 11.2 Å². The van der Waals surface area contributed by atoms with Gasteiger partial charge in [0, 0.05) is 12.3 Å². The van der Waals surface area contributed by atoms with Crippen molar-refractivity contribution < 1.29 is 4.79 Å². The minimum absolute atomic E-state index is 0.175. The number of hydrogen-bond donors (Lipinski definition) is 0. The van der Waals surface area contributed by atoms with Gasteiger partial charge in [-0.2, -0.15) is 0 Å². The van der Waals surface area contributed by atoms with Crippen molar-refractivity contribution in [1.29, 1.82) is 0 Å². The summed E-state index contributed by atoms with van der Waals surface area (Å²) in [5.74, 6) is 0.582. The van der Waals surface area contributed by atoms with Gasteiger partial charge >= 0.3 is 0 Å². The first-order chi connectivity index (χ1) is 7.33. The summed E-state index contributed by atoms with van der Waals surface area (Å²) in [5.41, 5.74) is 2.68. The maximum absolute atomic E-state index is 11.9. The van der Waals surface area contributed by atoms with E-state index in [1.54, 1.807) is 0 Å². The Labute approximate surface area is 91.5 Å². The Bertz CT molecular complexity index is 354. The van der Waals surface area contributed by atoms with Gasteiger partial charge in [-0.05, 0) is 30.4 Å². The number of hydrogen-bond acceptors (Lipinski definition) is 1. The summed E-state index contributed by atoms with van der Waals surface area (Å²) >= 11 is 0. The molecule has 1 heteroatoms. The van der Waals surface area contributed by atoms with Crippen molar-refractivity contribution >= 4 is 5.78 Å². The second kappa shape index (κ2) is 4.61. The Morgan fingerprint density at radius 3 is 2.93 bits per heavy atom. The van der Waals surface area contributed by atoms with E-state index in [1.807, 2.05) is 6.92 Å². The third kappa shape index (κ3) is 2.11. The highest BCUT2D eigenvalue weighted by Crippen LogP contribution is 2.31. The normalized spacial score (nSPS) is 20.5. The van der Waals surface area contributed by atoms with E-state index < -0.39 is 0 Å². The molecule has 1 atom stereocenters. The third-order valence-electron chi connectivity index (χ3n) is 3.36. The van der Waals surface area contributed by atoms with Crippen molar-refractivity contribution in [1.82, 2.24) is 0 Å². The van der Waals surface area contributed by atoms with Crippen LogP contribution in [0, 0.1) is 0 Å². The van der Waals surface area contributed by atoms with Gasteiger partial charge in [0.05, 0.1) is 0 Å². The number of rotatable bonds is 2. The van der Waals surface area contributed by atoms with E-state index in [9.17, 15) is 4.79 Å². The lowest BCUT2D eigenvalue weighted by molar-refractivity contribution is -0.120. The van der Waals surface area contributed by atoms with E-state index in [-0.39, 0.29) is 5.92 Å². The first kappa shape index (κ1) is 10.4. The van der Waals surface area contributed by atoms with E-state index >= 15 is 0 Å². The van der Waals surface area contributed by atoms with Crippen LogP contribution in [0.3, 0.4) is 0 Å². The van der Waals surface area contributed by atoms with Crippen molar-refractivity contribution in [3.8, 4) is 0 Å². The number of fused-ring (bicyclic) bond motifs is 1. The van der Waals surface area contributed by atoms with Crippen LogP contribution in [0.1, 0.15) is 49.7 Å². The number of benzene rings is 1. The Hall–Kier alpha value is -1.11. The fraction of sp³-hybridized carbons (Fsp3) is 0.500. The second-order valence-corrected chi connectivity index (χ2v) is 4.32. The van der Waals surface area contributed by atoms with Gasteiger partial charge in [-0.1, -0.05) is 37.6 Å². The molecule has 0 fully saturated rings. The molecule has 1 aromatic carbocycles. The van der Waals surface area contributed by atoms with Crippen LogP contribution < -0.4 is 0 Å². The maximum atomic E-state index is 11.9. The molecule has 0 saturated carbocycles. The van der Waals surface area contributed by atoms with E-state index in [2.05, 4.69) is 24.3 Å².